The van der Waals surface area contributed by atoms with E-state index >= 15 is 0 Å². The zero-order valence-corrected chi connectivity index (χ0v) is 21.8. The van der Waals surface area contributed by atoms with Crippen molar-refractivity contribution in [2.45, 2.75) is 85.0 Å². The molecule has 4 rings (SSSR count). The zero-order chi connectivity index (χ0) is 20.3. The van der Waals surface area contributed by atoms with Crippen LogP contribution in [-0.2, 0) is 14.4 Å². The van der Waals surface area contributed by atoms with Crippen molar-refractivity contribution in [3.8, 4) is 0 Å². The van der Waals surface area contributed by atoms with E-state index in [2.05, 4.69) is 20.8 Å². The van der Waals surface area contributed by atoms with Crippen molar-refractivity contribution in [2.24, 2.45) is 46.3 Å². The first-order chi connectivity index (χ1) is 13.2. The smallest absolute Gasteiger partial charge is 0.550 e. The van der Waals surface area contributed by atoms with Gasteiger partial charge in [0.05, 0.1) is 0 Å². The van der Waals surface area contributed by atoms with Crippen LogP contribution in [0.2, 0.25) is 0 Å². The fraction of sp³-hybridized carbons (Fsp3) is 0.875. The van der Waals surface area contributed by atoms with Gasteiger partial charge in [-0.2, -0.15) is 0 Å². The molecule has 0 spiro atoms. The Morgan fingerprint density at radius 2 is 1.76 bits per heavy atom. The summed E-state index contributed by atoms with van der Waals surface area (Å²) in [6.45, 7) is 6.94. The van der Waals surface area contributed by atoms with Gasteiger partial charge in [-0.1, -0.05) is 20.8 Å². The van der Waals surface area contributed by atoms with Crippen molar-refractivity contribution < 1.29 is 70.9 Å². The summed E-state index contributed by atoms with van der Waals surface area (Å²) >= 11 is 0. The number of Topliss-reactive ketones (excluding diaryl/α,β-unsaturated/α-hetero) is 2. The quantitative estimate of drug-likeness (QED) is 0.616. The maximum absolute atomic E-state index is 13.3. The minimum absolute atomic E-state index is 0. The number of hydrogen-bond acceptors (Lipinski definition) is 4. The maximum Gasteiger partial charge on any atom is 1.00 e. The standard InChI is InChI=1S/C24H36O4.K/c1-14(4-7-21(27)28)17-5-6-18-22-19(9-11-24(17,18)3)23(2)10-8-16(25)12-15(23)13-20(22)26;/h14-15,17-19,22H,4-13H2,1-3H3,(H,27,28);/q;+1/p-1/t14-,15+,17-,18+,19+,22+,23+,24-;/m1./s1. The Morgan fingerprint density at radius 3 is 2.45 bits per heavy atom. The third-order valence-corrected chi connectivity index (χ3v) is 9.85. The fourth-order valence-electron chi connectivity index (χ4n) is 8.25. The Hall–Kier alpha value is 0.446. The van der Waals surface area contributed by atoms with E-state index in [4.69, 9.17) is 0 Å². The fourth-order valence-corrected chi connectivity index (χ4v) is 8.25. The topological polar surface area (TPSA) is 74.3 Å². The number of hydrogen-bond donors (Lipinski definition) is 0. The van der Waals surface area contributed by atoms with Crippen LogP contribution in [0.3, 0.4) is 0 Å². The van der Waals surface area contributed by atoms with Crippen LogP contribution in [0.15, 0.2) is 0 Å². The van der Waals surface area contributed by atoms with Gasteiger partial charge in [-0.05, 0) is 85.4 Å². The summed E-state index contributed by atoms with van der Waals surface area (Å²) < 4.78 is 0. The molecule has 5 heteroatoms. The van der Waals surface area contributed by atoms with Gasteiger partial charge in [-0.3, -0.25) is 9.59 Å². The molecule has 0 aromatic rings. The number of carbonyl (C=O) groups excluding carboxylic acids is 3. The molecule has 8 atom stereocenters. The van der Waals surface area contributed by atoms with Crippen LogP contribution in [-0.4, -0.2) is 17.5 Å². The Kier molecular flexibility index (Phi) is 7.28. The summed E-state index contributed by atoms with van der Waals surface area (Å²) in [6, 6.07) is 0. The van der Waals surface area contributed by atoms with Gasteiger partial charge < -0.3 is 9.90 Å². The predicted octanol–water partition coefficient (Wildman–Crippen LogP) is 0.564. The number of carboxylic acids is 1. The third kappa shape index (κ3) is 4.01. The van der Waals surface area contributed by atoms with E-state index in [1.807, 2.05) is 0 Å². The van der Waals surface area contributed by atoms with Crippen molar-refractivity contribution in [1.82, 2.24) is 0 Å². The summed E-state index contributed by atoms with van der Waals surface area (Å²) in [5.41, 5.74) is 0.294. The van der Waals surface area contributed by atoms with Crippen LogP contribution in [0.4, 0.5) is 0 Å². The van der Waals surface area contributed by atoms with Crippen molar-refractivity contribution in [3.05, 3.63) is 0 Å². The Balaban J connectivity index is 0.00000240. The molecule has 0 heterocycles. The number of ketones is 2. The molecule has 156 valence electrons. The van der Waals surface area contributed by atoms with E-state index in [1.54, 1.807) is 0 Å². The molecule has 0 aromatic heterocycles. The summed E-state index contributed by atoms with van der Waals surface area (Å²) in [6.07, 6.45) is 8.12. The van der Waals surface area contributed by atoms with E-state index in [0.29, 0.717) is 60.9 Å². The zero-order valence-electron chi connectivity index (χ0n) is 18.7. The molecule has 0 radical (unpaired) electrons. The van der Waals surface area contributed by atoms with Crippen molar-refractivity contribution in [1.29, 1.82) is 0 Å². The molecule has 4 nitrogen and oxygen atoms in total. The summed E-state index contributed by atoms with van der Waals surface area (Å²) in [7, 11) is 0. The first-order valence-electron chi connectivity index (χ1n) is 11.4. The predicted molar refractivity (Wildman–Crippen MR) is 104 cm³/mol. The molecular weight excluding hydrogens is 391 g/mol. The van der Waals surface area contributed by atoms with Crippen LogP contribution in [0.5, 0.6) is 0 Å². The molecule has 0 unspecified atom stereocenters. The summed E-state index contributed by atoms with van der Waals surface area (Å²) in [5, 5.41) is 10.9. The van der Waals surface area contributed by atoms with Gasteiger partial charge in [0, 0.05) is 31.1 Å². The second kappa shape index (κ2) is 8.76. The molecule has 0 aliphatic heterocycles. The minimum atomic E-state index is -0.955. The van der Waals surface area contributed by atoms with Gasteiger partial charge in [0.25, 0.3) is 0 Å². The molecule has 0 bridgehead atoms. The van der Waals surface area contributed by atoms with Crippen molar-refractivity contribution in [2.75, 3.05) is 0 Å². The average Bonchev–Trinajstić information content (AvgIpc) is 2.98. The number of aliphatic carboxylic acids is 1. The first-order valence-corrected chi connectivity index (χ1v) is 11.4. The van der Waals surface area contributed by atoms with E-state index in [0.717, 1.165) is 32.1 Å². The molecule has 0 saturated heterocycles. The summed E-state index contributed by atoms with van der Waals surface area (Å²) in [4.78, 5) is 36.3. The normalized spacial score (nSPS) is 44.9. The second-order valence-corrected chi connectivity index (χ2v) is 11.0. The number of rotatable bonds is 4. The average molecular weight is 427 g/mol. The van der Waals surface area contributed by atoms with Gasteiger partial charge in [-0.15, -0.1) is 0 Å². The monoisotopic (exact) mass is 426 g/mol. The van der Waals surface area contributed by atoms with Crippen LogP contribution in [0.1, 0.15) is 85.0 Å². The second-order valence-electron chi connectivity index (χ2n) is 11.0. The Bertz CT molecular complexity index is 690. The Labute approximate surface area is 217 Å². The van der Waals surface area contributed by atoms with Gasteiger partial charge in [-0.25, -0.2) is 0 Å². The number of carbonyl (C=O) groups is 3. The number of carboxylic acid groups (broad SMARTS) is 1. The molecule has 29 heavy (non-hydrogen) atoms. The first kappa shape index (κ1) is 24.1. The molecule has 4 fully saturated rings. The molecule has 4 aliphatic rings. The van der Waals surface area contributed by atoms with E-state index in [9.17, 15) is 19.5 Å². The van der Waals surface area contributed by atoms with Gasteiger partial charge in [0.1, 0.15) is 11.6 Å². The number of fused-ring (bicyclic) bond motifs is 5. The SMILES string of the molecule is C[C@H](CCC(=O)[O-])[C@H]1CC[C@H]2[C@@H]3C(=O)C[C@@H]4CC(=O)CC[C@]4(C)[C@H]3CC[C@]12C.[K+]. The summed E-state index contributed by atoms with van der Waals surface area (Å²) in [5.74, 6) is 1.95. The molecule has 0 N–H and O–H groups in total. The molecule has 4 saturated carbocycles. The third-order valence-electron chi connectivity index (χ3n) is 9.85. The maximum atomic E-state index is 13.3. The van der Waals surface area contributed by atoms with E-state index < -0.39 is 5.97 Å². The van der Waals surface area contributed by atoms with Gasteiger partial charge >= 0.3 is 51.4 Å². The molecule has 0 amide bonds. The van der Waals surface area contributed by atoms with Crippen molar-refractivity contribution in [3.63, 3.8) is 0 Å². The molecular formula is C24H35KO4. The van der Waals surface area contributed by atoms with Crippen LogP contribution in [0.25, 0.3) is 0 Å². The Morgan fingerprint density at radius 1 is 1.07 bits per heavy atom. The van der Waals surface area contributed by atoms with Crippen molar-refractivity contribution >= 4 is 17.5 Å². The van der Waals surface area contributed by atoms with Crippen LogP contribution in [0, 0.1) is 46.3 Å². The minimum Gasteiger partial charge on any atom is -0.550 e. The van der Waals surface area contributed by atoms with Crippen LogP contribution < -0.4 is 56.5 Å². The van der Waals surface area contributed by atoms with Crippen LogP contribution >= 0.6 is 0 Å². The molecule has 4 aliphatic carbocycles. The largest absolute Gasteiger partial charge is 1.00 e. The molecule has 0 aromatic carbocycles. The van der Waals surface area contributed by atoms with Gasteiger partial charge in [0.15, 0.2) is 0 Å². The van der Waals surface area contributed by atoms with E-state index in [1.165, 1.54) is 0 Å². The van der Waals surface area contributed by atoms with E-state index in [-0.39, 0.29) is 80.5 Å². The van der Waals surface area contributed by atoms with Gasteiger partial charge in [0.2, 0.25) is 0 Å².